The zero-order chi connectivity index (χ0) is 67.4. The Labute approximate surface area is 551 Å². The summed E-state index contributed by atoms with van der Waals surface area (Å²) in [7, 11) is 0. The van der Waals surface area contributed by atoms with Gasteiger partial charge in [-0.05, 0) is 275 Å². The molecule has 0 amide bonds. The van der Waals surface area contributed by atoms with E-state index in [1.165, 1.54) is 161 Å². The van der Waals surface area contributed by atoms with Crippen LogP contribution in [0.4, 0.5) is 0 Å². The molecule has 0 N–H and O–H groups in total. The van der Waals surface area contributed by atoms with Gasteiger partial charge in [-0.25, -0.2) is 0 Å². The fraction of sp³-hybridized carbons (Fsp3) is 1.00. The average Bonchev–Trinajstić information content (AvgIpc) is 3.76. The molecule has 0 radical (unpaired) electrons. The minimum atomic E-state index is 0.261. The highest BCUT2D eigenvalue weighted by Gasteiger charge is 2.36. The highest BCUT2D eigenvalue weighted by molar-refractivity contribution is 4.88. The van der Waals surface area contributed by atoms with Crippen molar-refractivity contribution in [2.45, 2.75) is 374 Å². The minimum Gasteiger partial charge on any atom is -0.380 e. The molecule has 2 saturated carbocycles. The fourth-order valence-corrected chi connectivity index (χ4v) is 15.2. The van der Waals surface area contributed by atoms with E-state index < -0.39 is 0 Å². The Morgan fingerprint density at radius 3 is 0.816 bits per heavy atom. The van der Waals surface area contributed by atoms with Gasteiger partial charge in [-0.1, -0.05) is 192 Å². The third-order valence-corrected chi connectivity index (χ3v) is 23.3. The molecule has 6 rings (SSSR count). The van der Waals surface area contributed by atoms with Crippen molar-refractivity contribution in [3.63, 3.8) is 0 Å². The Morgan fingerprint density at radius 2 is 0.529 bits per heavy atom. The van der Waals surface area contributed by atoms with Gasteiger partial charge in [-0.15, -0.1) is 0 Å². The first-order valence-corrected chi connectivity index (χ1v) is 37.9. The van der Waals surface area contributed by atoms with Gasteiger partial charge in [0, 0.05) is 49.8 Å². The van der Waals surface area contributed by atoms with Gasteiger partial charge in [-0.3, -0.25) is 4.90 Å². The van der Waals surface area contributed by atoms with Crippen molar-refractivity contribution in [3.05, 3.63) is 0 Å². The van der Waals surface area contributed by atoms with Crippen molar-refractivity contribution in [3.8, 4) is 0 Å². The molecule has 4 saturated heterocycles. The molecule has 2 aliphatic carbocycles. The van der Waals surface area contributed by atoms with E-state index in [-0.39, 0.29) is 5.54 Å². The molecule has 4 aliphatic heterocycles. The number of nitrogens with zero attached hydrogens (tertiary/aromatic N) is 4. The van der Waals surface area contributed by atoms with Crippen molar-refractivity contribution >= 4 is 0 Å². The number of rotatable bonds is 3. The Bertz CT molecular complexity index is 1600. The van der Waals surface area contributed by atoms with Crippen LogP contribution >= 0.6 is 0 Å². The van der Waals surface area contributed by atoms with Gasteiger partial charge in [0.25, 0.3) is 0 Å². The summed E-state index contributed by atoms with van der Waals surface area (Å²) in [5, 5.41) is 0. The van der Waals surface area contributed by atoms with Gasteiger partial charge >= 0.3 is 0 Å². The number of hydrogen-bond donors (Lipinski definition) is 0. The first-order valence-electron chi connectivity index (χ1n) is 37.9. The molecule has 8 atom stereocenters. The molecule has 0 aromatic heterocycles. The highest BCUT2D eigenvalue weighted by atomic mass is 16.5. The van der Waals surface area contributed by atoms with E-state index in [9.17, 15) is 0 Å². The van der Waals surface area contributed by atoms with Gasteiger partial charge in [-0.2, -0.15) is 0 Å². The van der Waals surface area contributed by atoms with Crippen LogP contribution in [0.2, 0.25) is 0 Å². The Kier molecular flexibility index (Phi) is 36.3. The fourth-order valence-electron chi connectivity index (χ4n) is 15.2. The van der Waals surface area contributed by atoms with E-state index in [0.29, 0.717) is 49.2 Å². The Hall–Kier alpha value is -0.200. The first kappa shape index (κ1) is 84.8. The van der Waals surface area contributed by atoms with Crippen molar-refractivity contribution in [1.29, 1.82) is 0 Å². The monoisotopic (exact) mass is 1230 g/mol. The minimum absolute atomic E-state index is 0.261. The molecule has 87 heavy (non-hydrogen) atoms. The SMILES string of the molecule is CC(C)(C)C1CCCC(C(C)(C)C)CC1.CC(C)(C)C1CCCC(C(C)(C)C)CC1.CC(C)(C)C1COCCN(C(C)(C)C)C1.CC(C)N1CCCC(C(C)(C)C)CC1.CC(C)N1CCCCC(C(C)(C)C)C1.CC(C)N1CCCCC(C(C)(C)C)C1. The maximum absolute atomic E-state index is 5.72. The first-order chi connectivity index (χ1) is 39.4. The molecule has 0 spiro atoms. The van der Waals surface area contributed by atoms with Crippen molar-refractivity contribution in [2.24, 2.45) is 90.7 Å². The number of likely N-dealkylation sites (tertiary alicyclic amines) is 3. The van der Waals surface area contributed by atoms with E-state index in [1.54, 1.807) is 0 Å². The lowest BCUT2D eigenvalue weighted by Gasteiger charge is -2.39. The third-order valence-electron chi connectivity index (χ3n) is 23.3. The van der Waals surface area contributed by atoms with Crippen LogP contribution in [0.3, 0.4) is 0 Å². The smallest absolute Gasteiger partial charge is 0.0593 e. The van der Waals surface area contributed by atoms with Gasteiger partial charge in [0.1, 0.15) is 0 Å². The highest BCUT2D eigenvalue weighted by Crippen LogP contribution is 2.45. The summed E-state index contributed by atoms with van der Waals surface area (Å²) in [6.45, 7) is 90.1. The quantitative estimate of drug-likeness (QED) is 0.262. The molecule has 5 heteroatoms. The average molecular weight is 1230 g/mol. The molecule has 4 heterocycles. The summed E-state index contributed by atoms with van der Waals surface area (Å²) < 4.78 is 5.72. The van der Waals surface area contributed by atoms with E-state index in [0.717, 1.165) is 85.9 Å². The zero-order valence-corrected chi connectivity index (χ0v) is 66.6. The summed E-state index contributed by atoms with van der Waals surface area (Å²) in [4.78, 5) is 10.5. The van der Waals surface area contributed by atoms with Gasteiger partial charge in [0.15, 0.2) is 0 Å². The third kappa shape index (κ3) is 34.7. The molecule has 5 nitrogen and oxygen atoms in total. The molecule has 0 bridgehead atoms. The normalized spacial score (nSPS) is 27.7. The Balaban J connectivity index is 0.000000522. The van der Waals surface area contributed by atoms with Crippen LogP contribution in [0.15, 0.2) is 0 Å². The van der Waals surface area contributed by atoms with Gasteiger partial charge in [0.05, 0.1) is 13.2 Å². The van der Waals surface area contributed by atoms with Crippen LogP contribution < -0.4 is 0 Å². The summed E-state index contributed by atoms with van der Waals surface area (Å²) in [5.41, 5.74) is 4.16. The van der Waals surface area contributed by atoms with Crippen LogP contribution in [-0.4, -0.2) is 109 Å². The molecule has 0 aromatic carbocycles. The molecule has 522 valence electrons. The molecule has 6 aliphatic rings. The van der Waals surface area contributed by atoms with Crippen LogP contribution in [0, 0.1) is 90.7 Å². The number of ether oxygens (including phenoxy) is 1. The molecular weight excluding hydrogens is 1060 g/mol. The van der Waals surface area contributed by atoms with Gasteiger partial charge in [0.2, 0.25) is 0 Å². The summed E-state index contributed by atoms with van der Waals surface area (Å²) in [5.74, 6) is 7.12. The van der Waals surface area contributed by atoms with Crippen LogP contribution in [0.25, 0.3) is 0 Å². The molecular formula is C82H168N4O. The van der Waals surface area contributed by atoms with E-state index in [4.69, 9.17) is 4.74 Å². The summed E-state index contributed by atoms with van der Waals surface area (Å²) >= 11 is 0. The van der Waals surface area contributed by atoms with Crippen molar-refractivity contribution < 1.29 is 4.74 Å². The van der Waals surface area contributed by atoms with E-state index in [1.807, 2.05) is 0 Å². The second-order valence-electron chi connectivity index (χ2n) is 40.4. The maximum atomic E-state index is 5.72. The molecule has 6 fully saturated rings. The number of hydrogen-bond acceptors (Lipinski definition) is 5. The predicted octanol–water partition coefficient (Wildman–Crippen LogP) is 24.0. The van der Waals surface area contributed by atoms with E-state index >= 15 is 0 Å². The molecule has 8 unspecified atom stereocenters. The lowest BCUT2D eigenvalue weighted by Crippen LogP contribution is -2.46. The van der Waals surface area contributed by atoms with Crippen LogP contribution in [0.5, 0.6) is 0 Å². The van der Waals surface area contributed by atoms with Crippen molar-refractivity contribution in [2.75, 3.05) is 65.6 Å². The second-order valence-corrected chi connectivity index (χ2v) is 40.4. The topological polar surface area (TPSA) is 22.2 Å². The maximum Gasteiger partial charge on any atom is 0.0593 e. The van der Waals surface area contributed by atoms with Gasteiger partial charge < -0.3 is 19.4 Å². The van der Waals surface area contributed by atoms with E-state index in [2.05, 4.69) is 248 Å². The molecule has 0 aromatic rings. The lowest BCUT2D eigenvalue weighted by molar-refractivity contribution is 0.0741. The Morgan fingerprint density at radius 1 is 0.253 bits per heavy atom. The lowest BCUT2D eigenvalue weighted by atomic mass is 9.74. The van der Waals surface area contributed by atoms with Crippen LogP contribution in [0.1, 0.15) is 350 Å². The van der Waals surface area contributed by atoms with Crippen molar-refractivity contribution in [1.82, 2.24) is 19.6 Å². The zero-order valence-electron chi connectivity index (χ0n) is 66.6. The second kappa shape index (κ2) is 37.2. The standard InChI is InChI=1S/2C15H30.C13H27NO.3C13H27N/c2*1-14(2,3)12-8-7-9-13(11-10-12)15(4,5)6;1-12(2,3)11-9-14(13(4,5)6)7-8-15-10-11;1-11(2)14-9-6-7-12(8-10-14)13(3,4)5;2*1-11(2)14-9-7-6-8-12(10-14)13(3,4)5/h2*12-13H,7-11H2,1-6H3;11H,7-10H2,1-6H3;3*11-12H,6-10H2,1-5H3. The van der Waals surface area contributed by atoms with Crippen LogP contribution in [-0.2, 0) is 4.74 Å². The summed E-state index contributed by atoms with van der Waals surface area (Å²) in [6.07, 6.45) is 27.2. The largest absolute Gasteiger partial charge is 0.380 e. The predicted molar refractivity (Wildman–Crippen MR) is 394 cm³/mol. The summed E-state index contributed by atoms with van der Waals surface area (Å²) in [6, 6.07) is 2.17.